The van der Waals surface area contributed by atoms with Crippen LogP contribution in [0.4, 0.5) is 4.79 Å². The molecule has 1 aromatic carbocycles. The van der Waals surface area contributed by atoms with Gasteiger partial charge in [0.1, 0.15) is 30.2 Å². The molecule has 242 valence electrons. The molecule has 0 heterocycles. The molecule has 0 aliphatic carbocycles. The van der Waals surface area contributed by atoms with Gasteiger partial charge in [-0.3, -0.25) is 0 Å². The average molecular weight is 600 g/mol. The van der Waals surface area contributed by atoms with Crippen LogP contribution >= 0.6 is 0 Å². The molecule has 11 nitrogen and oxygen atoms in total. The molecule has 1 rings (SSSR count). The van der Waals surface area contributed by atoms with Gasteiger partial charge in [0, 0.05) is 0 Å². The van der Waals surface area contributed by atoms with Crippen molar-refractivity contribution in [3.05, 3.63) is 29.3 Å². The summed E-state index contributed by atoms with van der Waals surface area (Å²) in [5, 5.41) is 2.92. The summed E-state index contributed by atoms with van der Waals surface area (Å²) in [5.74, 6) is 0.346. The van der Waals surface area contributed by atoms with E-state index in [1.54, 1.807) is 0 Å². The van der Waals surface area contributed by atoms with Crippen LogP contribution in [0.3, 0.4) is 0 Å². The number of aryl methyl sites for hydroxylation is 1. The van der Waals surface area contributed by atoms with E-state index in [-0.39, 0.29) is 6.61 Å². The normalized spacial score (nSPS) is 12.2. The number of esters is 1. The molecule has 0 unspecified atom stereocenters. The zero-order chi connectivity index (χ0) is 31.7. The van der Waals surface area contributed by atoms with Crippen molar-refractivity contribution in [1.29, 1.82) is 0 Å². The molecule has 1 aromatic rings. The second-order valence-electron chi connectivity index (χ2n) is 12.2. The van der Waals surface area contributed by atoms with Gasteiger partial charge in [-0.1, -0.05) is 12.1 Å². The summed E-state index contributed by atoms with van der Waals surface area (Å²) >= 11 is 0. The lowest BCUT2D eigenvalue weighted by Crippen LogP contribution is -2.43. The molecule has 0 aliphatic heterocycles. The van der Waals surface area contributed by atoms with Crippen molar-refractivity contribution in [2.24, 2.45) is 0 Å². The summed E-state index contributed by atoms with van der Waals surface area (Å²) in [7, 11) is 0. The molecule has 0 atom stereocenters. The third-order valence-electron chi connectivity index (χ3n) is 5.34. The highest BCUT2D eigenvalue weighted by molar-refractivity contribution is 5.71. The van der Waals surface area contributed by atoms with Gasteiger partial charge >= 0.3 is 12.1 Å². The Morgan fingerprint density at radius 1 is 0.643 bits per heavy atom. The van der Waals surface area contributed by atoms with Crippen LogP contribution in [0.2, 0.25) is 0 Å². The molecule has 42 heavy (non-hydrogen) atoms. The summed E-state index contributed by atoms with van der Waals surface area (Å²) in [5.41, 5.74) is 0.171. The van der Waals surface area contributed by atoms with Crippen molar-refractivity contribution in [2.45, 2.75) is 79.1 Å². The van der Waals surface area contributed by atoms with E-state index < -0.39 is 28.8 Å². The molecule has 1 N–H and O–H groups in total. The van der Waals surface area contributed by atoms with Crippen LogP contribution in [0.15, 0.2) is 18.2 Å². The van der Waals surface area contributed by atoms with Crippen LogP contribution in [-0.2, 0) is 43.5 Å². The van der Waals surface area contributed by atoms with Crippen molar-refractivity contribution < 1.29 is 47.5 Å². The molecule has 0 spiro atoms. The Balaban J connectivity index is 2.07. The molecule has 11 heteroatoms. The zero-order valence-electron chi connectivity index (χ0n) is 27.1. The number of hydrogen-bond donors (Lipinski definition) is 1. The summed E-state index contributed by atoms with van der Waals surface area (Å²) in [4.78, 5) is 23.8. The minimum Gasteiger partial charge on any atom is -0.491 e. The number of benzene rings is 1. The molecule has 0 radical (unpaired) electrons. The minimum absolute atomic E-state index is 0.0894. The Kier molecular flexibility index (Phi) is 17.0. The van der Waals surface area contributed by atoms with Crippen molar-refractivity contribution in [3.8, 4) is 5.75 Å². The van der Waals surface area contributed by atoms with Gasteiger partial charge in [-0.05, 0) is 79.5 Å². The molecule has 0 bridgehead atoms. The van der Waals surface area contributed by atoms with Crippen LogP contribution in [0.1, 0.15) is 66.5 Å². The third kappa shape index (κ3) is 18.9. The fraction of sp³-hybridized carbons (Fsp3) is 0.742. The van der Waals surface area contributed by atoms with Crippen molar-refractivity contribution >= 4 is 12.1 Å². The smallest absolute Gasteiger partial charge is 0.408 e. The summed E-state index contributed by atoms with van der Waals surface area (Å²) in [6.07, 6.45) is -0.470. The van der Waals surface area contributed by atoms with Crippen LogP contribution in [0, 0.1) is 6.92 Å². The van der Waals surface area contributed by atoms with Gasteiger partial charge in [-0.25, -0.2) is 9.59 Å². The van der Waals surface area contributed by atoms with E-state index in [4.69, 9.17) is 37.9 Å². The monoisotopic (exact) mass is 599 g/mol. The Morgan fingerprint density at radius 2 is 1.10 bits per heavy atom. The van der Waals surface area contributed by atoms with Crippen LogP contribution in [0.5, 0.6) is 5.75 Å². The van der Waals surface area contributed by atoms with Crippen LogP contribution in [-0.4, -0.2) is 95.9 Å². The van der Waals surface area contributed by atoms with E-state index in [1.807, 2.05) is 80.5 Å². The maximum absolute atomic E-state index is 12.3. The van der Waals surface area contributed by atoms with Gasteiger partial charge in [0.25, 0.3) is 0 Å². The predicted octanol–water partition coefficient (Wildman–Crippen LogP) is 4.56. The fourth-order valence-electron chi connectivity index (χ4n) is 3.39. The molecule has 0 saturated heterocycles. The van der Waals surface area contributed by atoms with Gasteiger partial charge in [0.05, 0.1) is 65.0 Å². The van der Waals surface area contributed by atoms with Gasteiger partial charge in [-0.2, -0.15) is 0 Å². The largest absolute Gasteiger partial charge is 0.491 e. The number of alkyl carbamates (subject to hydrolysis) is 1. The van der Waals surface area contributed by atoms with Crippen molar-refractivity contribution in [3.63, 3.8) is 0 Å². The maximum atomic E-state index is 12.3. The number of carbonyl (C=O) groups is 2. The predicted molar refractivity (Wildman–Crippen MR) is 159 cm³/mol. The summed E-state index contributed by atoms with van der Waals surface area (Å²) < 4.78 is 43.7. The average Bonchev–Trinajstić information content (AvgIpc) is 2.84. The Hall–Kier alpha value is -2.44. The minimum atomic E-state index is -0.641. The third-order valence-corrected chi connectivity index (χ3v) is 5.34. The first-order chi connectivity index (χ1) is 19.6. The topological polar surface area (TPSA) is 120 Å². The number of rotatable bonds is 20. The highest BCUT2D eigenvalue weighted by Crippen LogP contribution is 2.27. The molecule has 0 saturated carbocycles. The zero-order valence-corrected chi connectivity index (χ0v) is 27.1. The lowest BCUT2D eigenvalue weighted by Gasteiger charge is -2.29. The van der Waals surface area contributed by atoms with Gasteiger partial charge in [-0.15, -0.1) is 0 Å². The van der Waals surface area contributed by atoms with Crippen LogP contribution in [0.25, 0.3) is 0 Å². The van der Waals surface area contributed by atoms with Crippen molar-refractivity contribution in [2.75, 3.05) is 72.7 Å². The summed E-state index contributed by atoms with van der Waals surface area (Å²) in [6, 6.07) is 5.87. The van der Waals surface area contributed by atoms with Gasteiger partial charge in [0.15, 0.2) is 0 Å². The van der Waals surface area contributed by atoms with E-state index >= 15 is 0 Å². The molecule has 0 fully saturated rings. The fourth-order valence-corrected chi connectivity index (χ4v) is 3.39. The number of ether oxygens (including phenoxy) is 8. The van der Waals surface area contributed by atoms with Gasteiger partial charge in [0.2, 0.25) is 0 Å². The lowest BCUT2D eigenvalue weighted by atomic mass is 9.93. The lowest BCUT2D eigenvalue weighted by molar-refractivity contribution is -0.160. The second kappa shape index (κ2) is 19.0. The van der Waals surface area contributed by atoms with E-state index in [9.17, 15) is 9.59 Å². The number of nitrogens with one attached hydrogen (secondary N) is 1. The number of carbonyl (C=O) groups excluding carboxylic acids is 2. The van der Waals surface area contributed by atoms with E-state index in [1.165, 1.54) is 0 Å². The maximum Gasteiger partial charge on any atom is 0.408 e. The first-order valence-corrected chi connectivity index (χ1v) is 14.4. The highest BCUT2D eigenvalue weighted by atomic mass is 16.6. The van der Waals surface area contributed by atoms with Crippen molar-refractivity contribution in [1.82, 2.24) is 5.32 Å². The Labute approximate surface area is 251 Å². The standard InChI is InChI=1S/C31H53NO10/c1-24-10-11-25(31(8,9)32-28(34)42-30(5,6)7)22-26(24)40-21-20-38-17-16-36-13-12-35-14-15-37-18-19-39-23-27(33)41-29(2,3)4/h10-11,22H,12-21,23H2,1-9H3,(H,32,34). The van der Waals surface area contributed by atoms with Crippen LogP contribution < -0.4 is 10.1 Å². The van der Waals surface area contributed by atoms with E-state index in [2.05, 4.69) is 5.32 Å². The summed E-state index contributed by atoms with van der Waals surface area (Å²) in [6.45, 7) is 20.8. The molecular weight excluding hydrogens is 546 g/mol. The SMILES string of the molecule is Cc1ccc(C(C)(C)NC(=O)OC(C)(C)C)cc1OCCOCCOCCOCCOCCOCC(=O)OC(C)(C)C. The molecule has 0 aromatic heterocycles. The first kappa shape index (κ1) is 37.6. The van der Waals surface area contributed by atoms with E-state index in [0.717, 1.165) is 16.9 Å². The molecule has 1 amide bonds. The second-order valence-corrected chi connectivity index (χ2v) is 12.2. The Bertz CT molecular complexity index is 921. The molecular formula is C31H53NO10. The van der Waals surface area contributed by atoms with Gasteiger partial charge < -0.3 is 43.2 Å². The first-order valence-electron chi connectivity index (χ1n) is 14.4. The number of amides is 1. The number of hydrogen-bond acceptors (Lipinski definition) is 10. The molecule has 0 aliphatic rings. The quantitative estimate of drug-likeness (QED) is 0.169. The highest BCUT2D eigenvalue weighted by Gasteiger charge is 2.27. The Morgan fingerprint density at radius 3 is 1.57 bits per heavy atom. The van der Waals surface area contributed by atoms with E-state index in [0.29, 0.717) is 66.1 Å².